The highest BCUT2D eigenvalue weighted by atomic mass is 15.2. The van der Waals surface area contributed by atoms with Gasteiger partial charge in [0.1, 0.15) is 0 Å². The largest absolute Gasteiger partial charge is 0.278 e. The molecule has 190 valence electrons. The Bertz CT molecular complexity index is 2240. The third-order valence-corrected chi connectivity index (χ3v) is 8.19. The topological polar surface area (TPSA) is 43.6 Å². The smallest absolute Gasteiger partial charge is 0.238 e. The Kier molecular flexibility index (Phi) is 4.58. The van der Waals surface area contributed by atoms with Crippen LogP contribution in [0, 0.1) is 0 Å². The highest BCUT2D eigenvalue weighted by Crippen LogP contribution is 2.49. The Balaban J connectivity index is 1.45. The maximum absolute atomic E-state index is 5.11. The van der Waals surface area contributed by atoms with E-state index in [9.17, 15) is 0 Å². The quantitative estimate of drug-likeness (QED) is 0.232. The van der Waals surface area contributed by atoms with E-state index in [0.29, 0.717) is 17.6 Å². The normalized spacial score (nSPS) is 11.9. The number of rotatable bonds is 3. The summed E-state index contributed by atoms with van der Waals surface area (Å²) in [5, 5.41) is 4.97. The Morgan fingerprint density at radius 2 is 0.902 bits per heavy atom. The second kappa shape index (κ2) is 8.44. The molecule has 0 unspecified atom stereocenters. The molecule has 0 spiro atoms. The molecule has 1 aliphatic carbocycles. The lowest BCUT2D eigenvalue weighted by Crippen LogP contribution is -2.06. The number of fused-ring (bicyclic) bond motifs is 3. The van der Waals surface area contributed by atoms with Crippen LogP contribution in [0.3, 0.4) is 0 Å². The van der Waals surface area contributed by atoms with Gasteiger partial charge in [0.25, 0.3) is 0 Å². The Morgan fingerprint density at radius 3 is 1.56 bits per heavy atom. The summed E-state index contributed by atoms with van der Waals surface area (Å²) in [7, 11) is 0. The van der Waals surface area contributed by atoms with Crippen LogP contribution in [0.25, 0.3) is 83.6 Å². The number of benzene rings is 6. The van der Waals surface area contributed by atoms with Gasteiger partial charge in [-0.05, 0) is 45.2 Å². The Morgan fingerprint density at radius 1 is 0.366 bits per heavy atom. The minimum Gasteiger partial charge on any atom is -0.278 e. The number of aromatic nitrogens is 4. The van der Waals surface area contributed by atoms with Gasteiger partial charge in [0.2, 0.25) is 5.95 Å². The zero-order valence-electron chi connectivity index (χ0n) is 22.0. The monoisotopic (exact) mass is 522 g/mol. The predicted octanol–water partition coefficient (Wildman–Crippen LogP) is 9.10. The molecular formula is C37H22N4. The molecule has 0 saturated carbocycles. The van der Waals surface area contributed by atoms with Crippen molar-refractivity contribution in [3.63, 3.8) is 0 Å². The first-order chi connectivity index (χ1) is 20.3. The van der Waals surface area contributed by atoms with Crippen molar-refractivity contribution in [3.05, 3.63) is 133 Å². The fourth-order valence-corrected chi connectivity index (χ4v) is 6.44. The van der Waals surface area contributed by atoms with Gasteiger partial charge in [0, 0.05) is 21.9 Å². The summed E-state index contributed by atoms with van der Waals surface area (Å²) in [5.41, 5.74) is 9.07. The summed E-state index contributed by atoms with van der Waals surface area (Å²) >= 11 is 0. The Labute approximate surface area is 236 Å². The van der Waals surface area contributed by atoms with Crippen molar-refractivity contribution in [2.75, 3.05) is 0 Å². The maximum Gasteiger partial charge on any atom is 0.238 e. The summed E-state index contributed by atoms with van der Waals surface area (Å²) in [5.74, 6) is 1.92. The summed E-state index contributed by atoms with van der Waals surface area (Å²) in [6.45, 7) is 0. The number of nitrogens with zero attached hydrogens (tertiary/aromatic N) is 4. The second-order valence-electron chi connectivity index (χ2n) is 10.5. The van der Waals surface area contributed by atoms with Crippen molar-refractivity contribution in [2.24, 2.45) is 0 Å². The van der Waals surface area contributed by atoms with E-state index in [1.54, 1.807) is 0 Å². The molecule has 0 radical (unpaired) electrons. The molecule has 0 bridgehead atoms. The zero-order chi connectivity index (χ0) is 26.9. The number of hydrogen-bond acceptors (Lipinski definition) is 3. The van der Waals surface area contributed by atoms with Crippen LogP contribution >= 0.6 is 0 Å². The first-order valence-electron chi connectivity index (χ1n) is 13.8. The maximum atomic E-state index is 5.11. The van der Waals surface area contributed by atoms with E-state index in [1.165, 1.54) is 43.8 Å². The third kappa shape index (κ3) is 3.19. The SMILES string of the molecule is c1ccc(-c2nc(-c3ccccc3)nc(-n3c4cccc5c4c4c6c(cccc6ccc43)-c3ccccc3-5)n2)cc1. The van der Waals surface area contributed by atoms with Gasteiger partial charge in [0.05, 0.1) is 11.0 Å². The van der Waals surface area contributed by atoms with Gasteiger partial charge >= 0.3 is 0 Å². The van der Waals surface area contributed by atoms with Crippen LogP contribution in [0.1, 0.15) is 0 Å². The minimum absolute atomic E-state index is 0.612. The first kappa shape index (κ1) is 22.2. The average molecular weight is 523 g/mol. The number of hydrogen-bond donors (Lipinski definition) is 0. The van der Waals surface area contributed by atoms with Crippen LogP contribution in [0.2, 0.25) is 0 Å². The molecule has 0 N–H and O–H groups in total. The molecule has 4 heteroatoms. The predicted molar refractivity (Wildman–Crippen MR) is 167 cm³/mol. The molecule has 41 heavy (non-hydrogen) atoms. The molecule has 4 nitrogen and oxygen atoms in total. The van der Waals surface area contributed by atoms with Crippen molar-refractivity contribution in [3.8, 4) is 51.0 Å². The van der Waals surface area contributed by atoms with E-state index in [-0.39, 0.29) is 0 Å². The minimum atomic E-state index is 0.612. The molecule has 0 atom stereocenters. The van der Waals surface area contributed by atoms with E-state index >= 15 is 0 Å². The van der Waals surface area contributed by atoms with E-state index in [2.05, 4.69) is 77.4 Å². The fraction of sp³-hybridized carbons (Fsp3) is 0. The van der Waals surface area contributed by atoms with E-state index < -0.39 is 0 Å². The van der Waals surface area contributed by atoms with Gasteiger partial charge in [-0.25, -0.2) is 4.98 Å². The lowest BCUT2D eigenvalue weighted by molar-refractivity contribution is 0.953. The molecule has 6 aromatic carbocycles. The van der Waals surface area contributed by atoms with Crippen molar-refractivity contribution in [1.82, 2.24) is 19.5 Å². The standard InChI is InChI=1S/C37H22N4/c1-3-11-24(12-4-1)35-38-36(25-13-5-2-6-14-25)40-37(39-35)41-30-20-10-19-29-27-17-8-7-16-26(27)28-18-9-15-23-21-22-31(41)34(32(23)28)33(29)30/h1-22H. The highest BCUT2D eigenvalue weighted by Gasteiger charge is 2.25. The summed E-state index contributed by atoms with van der Waals surface area (Å²) in [6.07, 6.45) is 0. The molecule has 0 fully saturated rings. The van der Waals surface area contributed by atoms with Gasteiger partial charge < -0.3 is 0 Å². The van der Waals surface area contributed by atoms with Crippen molar-refractivity contribution in [1.29, 1.82) is 0 Å². The zero-order valence-corrected chi connectivity index (χ0v) is 22.0. The van der Waals surface area contributed by atoms with Gasteiger partial charge in [0.15, 0.2) is 11.6 Å². The van der Waals surface area contributed by atoms with Crippen molar-refractivity contribution < 1.29 is 0 Å². The molecular weight excluding hydrogens is 500 g/mol. The molecule has 2 aromatic heterocycles. The molecule has 0 saturated heterocycles. The third-order valence-electron chi connectivity index (χ3n) is 8.19. The van der Waals surface area contributed by atoms with Crippen LogP contribution in [-0.4, -0.2) is 19.5 Å². The molecule has 2 heterocycles. The van der Waals surface area contributed by atoms with Crippen LogP contribution in [0.5, 0.6) is 0 Å². The first-order valence-corrected chi connectivity index (χ1v) is 13.8. The average Bonchev–Trinajstić information content (AvgIpc) is 3.33. The molecule has 1 aliphatic rings. The molecule has 0 aliphatic heterocycles. The van der Waals surface area contributed by atoms with Crippen LogP contribution in [0.15, 0.2) is 133 Å². The van der Waals surface area contributed by atoms with Gasteiger partial charge in [-0.2, -0.15) is 9.97 Å². The Hall–Kier alpha value is -5.61. The van der Waals surface area contributed by atoms with Crippen molar-refractivity contribution >= 4 is 32.6 Å². The molecule has 0 amide bonds. The second-order valence-corrected chi connectivity index (χ2v) is 10.5. The lowest BCUT2D eigenvalue weighted by Gasteiger charge is -2.14. The van der Waals surface area contributed by atoms with Crippen LogP contribution < -0.4 is 0 Å². The van der Waals surface area contributed by atoms with Gasteiger partial charge in [-0.3, -0.25) is 4.57 Å². The van der Waals surface area contributed by atoms with E-state index in [0.717, 1.165) is 22.2 Å². The summed E-state index contributed by atoms with van der Waals surface area (Å²) < 4.78 is 2.22. The van der Waals surface area contributed by atoms with Crippen LogP contribution in [0.4, 0.5) is 0 Å². The highest BCUT2D eigenvalue weighted by molar-refractivity contribution is 6.30. The molecule has 8 aromatic rings. The van der Waals surface area contributed by atoms with Crippen LogP contribution in [-0.2, 0) is 0 Å². The van der Waals surface area contributed by atoms with Gasteiger partial charge in [-0.1, -0.05) is 121 Å². The molecule has 9 rings (SSSR count). The van der Waals surface area contributed by atoms with Gasteiger partial charge in [-0.15, -0.1) is 0 Å². The summed E-state index contributed by atoms with van der Waals surface area (Å²) in [6, 6.07) is 46.7. The van der Waals surface area contributed by atoms with E-state index in [1.807, 2.05) is 60.7 Å². The van der Waals surface area contributed by atoms with E-state index in [4.69, 9.17) is 15.0 Å². The van der Waals surface area contributed by atoms with Crippen molar-refractivity contribution in [2.45, 2.75) is 0 Å². The lowest BCUT2D eigenvalue weighted by atomic mass is 9.93. The summed E-state index contributed by atoms with van der Waals surface area (Å²) in [4.78, 5) is 15.1. The fourth-order valence-electron chi connectivity index (χ4n) is 6.44.